The molecule has 0 aliphatic carbocycles. The maximum Gasteiger partial charge on any atom is 0.241 e. The van der Waals surface area contributed by atoms with E-state index in [1.54, 1.807) is 11.0 Å². The molecule has 4 nitrogen and oxygen atoms in total. The van der Waals surface area contributed by atoms with Gasteiger partial charge in [-0.3, -0.25) is 4.79 Å². The number of nitrogen functional groups attached to an aromatic ring is 1. The largest absolute Gasteiger partial charge is 0.398 e. The summed E-state index contributed by atoms with van der Waals surface area (Å²) in [5, 5.41) is 0.575. The SMILES string of the molecule is CN(C)CC(=O)N1CCc2c(N)cc(Cl)cc21. The van der Waals surface area contributed by atoms with Gasteiger partial charge >= 0.3 is 0 Å². The van der Waals surface area contributed by atoms with Crippen LogP contribution in [-0.4, -0.2) is 38.0 Å². The quantitative estimate of drug-likeness (QED) is 0.810. The van der Waals surface area contributed by atoms with Crippen molar-refractivity contribution in [1.29, 1.82) is 0 Å². The van der Waals surface area contributed by atoms with Gasteiger partial charge in [-0.25, -0.2) is 0 Å². The summed E-state index contributed by atoms with van der Waals surface area (Å²) in [6, 6.07) is 3.55. The number of rotatable bonds is 2. The van der Waals surface area contributed by atoms with Gasteiger partial charge in [-0.15, -0.1) is 0 Å². The Morgan fingerprint density at radius 3 is 2.88 bits per heavy atom. The van der Waals surface area contributed by atoms with Crippen molar-refractivity contribution in [2.45, 2.75) is 6.42 Å². The third-order valence-electron chi connectivity index (χ3n) is 2.85. The Morgan fingerprint density at radius 2 is 2.24 bits per heavy atom. The standard InChI is InChI=1S/C12H16ClN3O/c1-15(2)7-12(17)16-4-3-9-10(14)5-8(13)6-11(9)16/h5-6H,3-4,7,14H2,1-2H3. The summed E-state index contributed by atoms with van der Waals surface area (Å²) in [5.41, 5.74) is 8.47. The number of anilines is 2. The van der Waals surface area contributed by atoms with Crippen LogP contribution >= 0.6 is 11.6 Å². The summed E-state index contributed by atoms with van der Waals surface area (Å²) in [7, 11) is 3.75. The smallest absolute Gasteiger partial charge is 0.241 e. The molecular formula is C12H16ClN3O. The number of nitrogens with zero attached hydrogens (tertiary/aromatic N) is 2. The number of carbonyl (C=O) groups excluding carboxylic acids is 1. The number of benzene rings is 1. The van der Waals surface area contributed by atoms with E-state index in [4.69, 9.17) is 17.3 Å². The molecule has 1 aromatic rings. The molecule has 0 atom stereocenters. The van der Waals surface area contributed by atoms with E-state index < -0.39 is 0 Å². The lowest BCUT2D eigenvalue weighted by molar-refractivity contribution is -0.119. The van der Waals surface area contributed by atoms with Crippen molar-refractivity contribution in [1.82, 2.24) is 4.90 Å². The molecule has 92 valence electrons. The molecular weight excluding hydrogens is 238 g/mol. The van der Waals surface area contributed by atoms with Crippen LogP contribution in [-0.2, 0) is 11.2 Å². The van der Waals surface area contributed by atoms with Crippen LogP contribution in [0, 0.1) is 0 Å². The molecule has 1 heterocycles. The highest BCUT2D eigenvalue weighted by atomic mass is 35.5. The summed E-state index contributed by atoms with van der Waals surface area (Å²) in [6.45, 7) is 1.08. The molecule has 1 aliphatic rings. The van der Waals surface area contributed by atoms with Gasteiger partial charge in [0.2, 0.25) is 5.91 Å². The molecule has 1 aromatic carbocycles. The number of fused-ring (bicyclic) bond motifs is 1. The van der Waals surface area contributed by atoms with E-state index in [0.29, 0.717) is 23.8 Å². The Hall–Kier alpha value is -1.26. The minimum atomic E-state index is 0.0791. The van der Waals surface area contributed by atoms with Gasteiger partial charge in [0.05, 0.1) is 12.2 Å². The van der Waals surface area contributed by atoms with Crippen molar-refractivity contribution in [2.75, 3.05) is 37.8 Å². The fourth-order valence-corrected chi connectivity index (χ4v) is 2.34. The van der Waals surface area contributed by atoms with E-state index in [0.717, 1.165) is 17.7 Å². The molecule has 0 saturated carbocycles. The first kappa shape index (κ1) is 12.2. The van der Waals surface area contributed by atoms with Gasteiger partial charge in [0, 0.05) is 22.8 Å². The minimum Gasteiger partial charge on any atom is -0.398 e. The highest BCUT2D eigenvalue weighted by molar-refractivity contribution is 6.31. The highest BCUT2D eigenvalue weighted by Gasteiger charge is 2.26. The Labute approximate surface area is 106 Å². The Balaban J connectivity index is 2.30. The van der Waals surface area contributed by atoms with Crippen LogP contribution in [0.25, 0.3) is 0 Å². The molecule has 0 aromatic heterocycles. The van der Waals surface area contributed by atoms with E-state index in [1.165, 1.54) is 0 Å². The highest BCUT2D eigenvalue weighted by Crippen LogP contribution is 2.35. The van der Waals surface area contributed by atoms with Crippen molar-refractivity contribution in [3.63, 3.8) is 0 Å². The third kappa shape index (κ3) is 2.37. The van der Waals surface area contributed by atoms with Crippen LogP contribution in [0.2, 0.25) is 5.02 Å². The number of halogens is 1. The molecule has 2 N–H and O–H groups in total. The van der Waals surface area contributed by atoms with E-state index >= 15 is 0 Å². The minimum absolute atomic E-state index is 0.0791. The van der Waals surface area contributed by atoms with Crippen molar-refractivity contribution in [3.05, 3.63) is 22.7 Å². The number of amides is 1. The first-order chi connectivity index (χ1) is 7.99. The normalized spacial score (nSPS) is 14.2. The van der Waals surface area contributed by atoms with Crippen LogP contribution in [0.5, 0.6) is 0 Å². The van der Waals surface area contributed by atoms with Crippen molar-refractivity contribution in [2.24, 2.45) is 0 Å². The maximum atomic E-state index is 12.0. The molecule has 0 radical (unpaired) electrons. The number of carbonyl (C=O) groups is 1. The zero-order chi connectivity index (χ0) is 12.6. The number of hydrogen-bond acceptors (Lipinski definition) is 3. The average Bonchev–Trinajstić information content (AvgIpc) is 2.59. The Kier molecular flexibility index (Phi) is 3.26. The molecule has 5 heteroatoms. The molecule has 0 saturated heterocycles. The fraction of sp³-hybridized carbons (Fsp3) is 0.417. The van der Waals surface area contributed by atoms with E-state index in [2.05, 4.69) is 0 Å². The second kappa shape index (κ2) is 4.55. The molecule has 17 heavy (non-hydrogen) atoms. The van der Waals surface area contributed by atoms with Gasteiger partial charge in [0.1, 0.15) is 0 Å². The summed E-state index contributed by atoms with van der Waals surface area (Å²) in [6.07, 6.45) is 0.803. The number of likely N-dealkylation sites (N-methyl/N-ethyl adjacent to an activating group) is 1. The lowest BCUT2D eigenvalue weighted by Gasteiger charge is -2.20. The predicted octanol–water partition coefficient (Wildman–Crippen LogP) is 1.37. The van der Waals surface area contributed by atoms with Gasteiger partial charge in [0.15, 0.2) is 0 Å². The van der Waals surface area contributed by atoms with Gasteiger partial charge < -0.3 is 15.5 Å². The van der Waals surface area contributed by atoms with E-state index in [9.17, 15) is 4.79 Å². The number of nitrogens with two attached hydrogens (primary N) is 1. The summed E-state index contributed by atoms with van der Waals surface area (Å²) in [4.78, 5) is 15.7. The van der Waals surface area contributed by atoms with Crippen LogP contribution in [0.15, 0.2) is 12.1 Å². The molecule has 2 rings (SSSR count). The molecule has 1 aliphatic heterocycles. The zero-order valence-electron chi connectivity index (χ0n) is 10.0. The molecule has 1 amide bonds. The fourth-order valence-electron chi connectivity index (χ4n) is 2.12. The Morgan fingerprint density at radius 1 is 1.53 bits per heavy atom. The van der Waals surface area contributed by atoms with Gasteiger partial charge in [-0.1, -0.05) is 11.6 Å². The first-order valence-corrected chi connectivity index (χ1v) is 5.90. The van der Waals surface area contributed by atoms with Crippen LogP contribution in [0.1, 0.15) is 5.56 Å². The second-order valence-electron chi connectivity index (χ2n) is 4.53. The average molecular weight is 254 g/mol. The van der Waals surface area contributed by atoms with Crippen molar-refractivity contribution < 1.29 is 4.79 Å². The van der Waals surface area contributed by atoms with Gasteiger partial charge in [-0.2, -0.15) is 0 Å². The Bertz CT molecular complexity index is 459. The summed E-state index contributed by atoms with van der Waals surface area (Å²) in [5.74, 6) is 0.0791. The van der Waals surface area contributed by atoms with Crippen LogP contribution in [0.4, 0.5) is 11.4 Å². The van der Waals surface area contributed by atoms with Gasteiger partial charge in [-0.05, 0) is 32.6 Å². The first-order valence-electron chi connectivity index (χ1n) is 5.52. The third-order valence-corrected chi connectivity index (χ3v) is 3.07. The maximum absolute atomic E-state index is 12.0. The zero-order valence-corrected chi connectivity index (χ0v) is 10.8. The summed E-state index contributed by atoms with van der Waals surface area (Å²) >= 11 is 5.98. The molecule has 0 fully saturated rings. The second-order valence-corrected chi connectivity index (χ2v) is 4.96. The van der Waals surface area contributed by atoms with Crippen molar-refractivity contribution >= 4 is 28.9 Å². The predicted molar refractivity (Wildman–Crippen MR) is 70.5 cm³/mol. The number of hydrogen-bond donors (Lipinski definition) is 1. The van der Waals surface area contributed by atoms with Crippen LogP contribution < -0.4 is 10.6 Å². The van der Waals surface area contributed by atoms with Gasteiger partial charge in [0.25, 0.3) is 0 Å². The monoisotopic (exact) mass is 253 g/mol. The van der Waals surface area contributed by atoms with Crippen molar-refractivity contribution in [3.8, 4) is 0 Å². The molecule has 0 spiro atoms. The lowest BCUT2D eigenvalue weighted by Crippen LogP contribution is -2.36. The topological polar surface area (TPSA) is 49.6 Å². The molecule has 0 bridgehead atoms. The summed E-state index contributed by atoms with van der Waals surface area (Å²) < 4.78 is 0. The van der Waals surface area contributed by atoms with E-state index in [1.807, 2.05) is 25.1 Å². The lowest BCUT2D eigenvalue weighted by atomic mass is 10.1. The van der Waals surface area contributed by atoms with Crippen LogP contribution in [0.3, 0.4) is 0 Å². The molecule has 0 unspecified atom stereocenters. The van der Waals surface area contributed by atoms with E-state index in [-0.39, 0.29) is 5.91 Å².